The molecule has 4 heteroatoms. The summed E-state index contributed by atoms with van der Waals surface area (Å²) in [5.74, 6) is -0.556. The van der Waals surface area contributed by atoms with Crippen LogP contribution in [0.15, 0.2) is 0 Å². The van der Waals surface area contributed by atoms with Gasteiger partial charge >= 0.3 is 0 Å². The van der Waals surface area contributed by atoms with Crippen LogP contribution in [-0.2, 0) is 18.9 Å². The third-order valence-corrected chi connectivity index (χ3v) is 4.94. The van der Waals surface area contributed by atoms with Crippen LogP contribution in [0.1, 0.15) is 33.1 Å². The minimum Gasteiger partial charge on any atom is -0.366 e. The van der Waals surface area contributed by atoms with Crippen LogP contribution in [0.25, 0.3) is 0 Å². The normalized spacial score (nSPS) is 57.4. The number of epoxide rings is 1. The Morgan fingerprint density at radius 3 is 2.25 bits per heavy atom. The fraction of sp³-hybridized carbons (Fsp3) is 1.00. The zero-order valence-electron chi connectivity index (χ0n) is 9.88. The fourth-order valence-electron chi connectivity index (χ4n) is 3.97. The van der Waals surface area contributed by atoms with Crippen LogP contribution in [0.2, 0.25) is 0 Å². The highest BCUT2D eigenvalue weighted by Gasteiger charge is 2.79. The van der Waals surface area contributed by atoms with Crippen LogP contribution in [-0.4, -0.2) is 42.4 Å². The van der Waals surface area contributed by atoms with Crippen molar-refractivity contribution in [1.82, 2.24) is 0 Å². The van der Waals surface area contributed by atoms with Gasteiger partial charge in [0, 0.05) is 12.8 Å². The number of fused-ring (bicyclic) bond motifs is 4. The molecule has 0 aromatic carbocycles. The van der Waals surface area contributed by atoms with Gasteiger partial charge in [-0.3, -0.25) is 0 Å². The molecule has 0 aliphatic carbocycles. The summed E-state index contributed by atoms with van der Waals surface area (Å²) in [6.07, 6.45) is 2.89. The molecule has 0 aromatic rings. The van der Waals surface area contributed by atoms with Crippen molar-refractivity contribution in [3.8, 4) is 0 Å². The third-order valence-electron chi connectivity index (χ3n) is 4.94. The Labute approximate surface area is 95.2 Å². The molecule has 4 aliphatic rings. The Balaban J connectivity index is 1.82. The molecule has 2 spiro atoms. The smallest absolute Gasteiger partial charge is 0.200 e. The maximum Gasteiger partial charge on any atom is 0.200 e. The molecule has 4 fully saturated rings. The summed E-state index contributed by atoms with van der Waals surface area (Å²) in [6.45, 7) is 6.42. The minimum absolute atomic E-state index is 0.0498. The molecule has 16 heavy (non-hydrogen) atoms. The summed E-state index contributed by atoms with van der Waals surface area (Å²) in [6, 6.07) is 0. The molecule has 0 saturated carbocycles. The van der Waals surface area contributed by atoms with E-state index in [9.17, 15) is 0 Å². The Morgan fingerprint density at radius 1 is 0.938 bits per heavy atom. The van der Waals surface area contributed by atoms with Gasteiger partial charge in [0.2, 0.25) is 5.79 Å². The van der Waals surface area contributed by atoms with Crippen molar-refractivity contribution in [2.45, 2.75) is 55.7 Å². The minimum atomic E-state index is -0.556. The maximum absolute atomic E-state index is 6.31. The summed E-state index contributed by atoms with van der Waals surface area (Å²) >= 11 is 0. The maximum atomic E-state index is 6.31. The van der Waals surface area contributed by atoms with Gasteiger partial charge in [-0.25, -0.2) is 0 Å². The topological polar surface area (TPSA) is 40.2 Å². The Bertz CT molecular complexity index is 345. The summed E-state index contributed by atoms with van der Waals surface area (Å²) in [5.41, 5.74) is -0.627. The Kier molecular flexibility index (Phi) is 1.52. The van der Waals surface area contributed by atoms with Gasteiger partial charge in [0.05, 0.1) is 25.4 Å². The first kappa shape index (κ1) is 9.83. The van der Waals surface area contributed by atoms with Crippen molar-refractivity contribution in [3.63, 3.8) is 0 Å². The number of hydrogen-bond acceptors (Lipinski definition) is 4. The standard InChI is InChI=1S/C12H18O4/c1-9-3-4-12(13-5-6-14-12)10(2,16-9)11(7-9)8-15-11/h3-8H2,1-2H3/t9-,10-,11?/m0/s1. The van der Waals surface area contributed by atoms with E-state index >= 15 is 0 Å². The quantitative estimate of drug-likeness (QED) is 0.582. The molecule has 3 atom stereocenters. The van der Waals surface area contributed by atoms with E-state index in [0.717, 1.165) is 25.9 Å². The molecular weight excluding hydrogens is 208 g/mol. The highest BCUT2D eigenvalue weighted by molar-refractivity contribution is 5.25. The van der Waals surface area contributed by atoms with E-state index in [0.29, 0.717) is 13.2 Å². The summed E-state index contributed by atoms with van der Waals surface area (Å²) in [5, 5.41) is 0. The number of hydrogen-bond donors (Lipinski definition) is 0. The first-order valence-corrected chi connectivity index (χ1v) is 6.15. The van der Waals surface area contributed by atoms with E-state index in [-0.39, 0.29) is 11.2 Å². The second-order valence-electron chi connectivity index (χ2n) is 5.99. The van der Waals surface area contributed by atoms with E-state index in [1.807, 2.05) is 0 Å². The highest BCUT2D eigenvalue weighted by Crippen LogP contribution is 2.65. The molecule has 0 amide bonds. The second-order valence-corrected chi connectivity index (χ2v) is 5.99. The molecular formula is C12H18O4. The molecule has 4 aliphatic heterocycles. The molecule has 0 N–H and O–H groups in total. The van der Waals surface area contributed by atoms with Crippen LogP contribution in [0.3, 0.4) is 0 Å². The zero-order chi connectivity index (χ0) is 11.1. The van der Waals surface area contributed by atoms with Crippen LogP contribution in [0.5, 0.6) is 0 Å². The van der Waals surface area contributed by atoms with Crippen LogP contribution in [0, 0.1) is 0 Å². The predicted octanol–water partition coefficient (Wildman–Crippen LogP) is 1.23. The third kappa shape index (κ3) is 0.883. The van der Waals surface area contributed by atoms with Gasteiger partial charge in [0.15, 0.2) is 5.60 Å². The summed E-state index contributed by atoms with van der Waals surface area (Å²) in [7, 11) is 0. The zero-order valence-corrected chi connectivity index (χ0v) is 9.88. The molecule has 4 heterocycles. The van der Waals surface area contributed by atoms with E-state index in [2.05, 4.69) is 13.8 Å². The van der Waals surface area contributed by atoms with Crippen molar-refractivity contribution in [2.24, 2.45) is 0 Å². The van der Waals surface area contributed by atoms with Crippen molar-refractivity contribution < 1.29 is 18.9 Å². The molecule has 4 saturated heterocycles. The lowest BCUT2D eigenvalue weighted by Gasteiger charge is -2.48. The monoisotopic (exact) mass is 226 g/mol. The largest absolute Gasteiger partial charge is 0.366 e. The van der Waals surface area contributed by atoms with Gasteiger partial charge < -0.3 is 18.9 Å². The predicted molar refractivity (Wildman–Crippen MR) is 55.1 cm³/mol. The van der Waals surface area contributed by atoms with E-state index < -0.39 is 11.4 Å². The van der Waals surface area contributed by atoms with Crippen LogP contribution >= 0.6 is 0 Å². The van der Waals surface area contributed by atoms with Crippen molar-refractivity contribution >= 4 is 0 Å². The Hall–Kier alpha value is -0.160. The molecule has 2 bridgehead atoms. The van der Waals surface area contributed by atoms with Gasteiger partial charge in [-0.15, -0.1) is 0 Å². The van der Waals surface area contributed by atoms with Crippen molar-refractivity contribution in [1.29, 1.82) is 0 Å². The first-order chi connectivity index (χ1) is 7.54. The van der Waals surface area contributed by atoms with Gasteiger partial charge in [0.1, 0.15) is 5.60 Å². The molecule has 90 valence electrons. The van der Waals surface area contributed by atoms with Crippen LogP contribution in [0.4, 0.5) is 0 Å². The molecule has 0 aromatic heterocycles. The molecule has 4 nitrogen and oxygen atoms in total. The average molecular weight is 226 g/mol. The molecule has 0 radical (unpaired) electrons. The second kappa shape index (κ2) is 2.48. The number of rotatable bonds is 0. The number of ether oxygens (including phenoxy) is 4. The van der Waals surface area contributed by atoms with E-state index in [1.54, 1.807) is 0 Å². The average Bonchev–Trinajstić information content (AvgIpc) is 2.78. The first-order valence-electron chi connectivity index (χ1n) is 6.15. The summed E-state index contributed by atoms with van der Waals surface area (Å²) < 4.78 is 23.9. The van der Waals surface area contributed by atoms with E-state index in [1.165, 1.54) is 0 Å². The lowest BCUT2D eigenvalue weighted by atomic mass is 9.81. The lowest BCUT2D eigenvalue weighted by molar-refractivity contribution is -0.323. The van der Waals surface area contributed by atoms with E-state index in [4.69, 9.17) is 18.9 Å². The summed E-state index contributed by atoms with van der Waals surface area (Å²) in [4.78, 5) is 0. The lowest BCUT2D eigenvalue weighted by Crippen LogP contribution is -2.62. The molecule has 1 unspecified atom stereocenters. The van der Waals surface area contributed by atoms with Gasteiger partial charge in [-0.2, -0.15) is 0 Å². The van der Waals surface area contributed by atoms with Gasteiger partial charge in [-0.05, 0) is 20.3 Å². The Morgan fingerprint density at radius 2 is 1.62 bits per heavy atom. The highest BCUT2D eigenvalue weighted by atomic mass is 16.8. The van der Waals surface area contributed by atoms with Crippen molar-refractivity contribution in [3.05, 3.63) is 0 Å². The SMILES string of the molecule is C[C@@]12CCC3(OCCO3)[C@@](C)(O1)C1(CO1)C2. The van der Waals surface area contributed by atoms with Crippen LogP contribution < -0.4 is 0 Å². The fourth-order valence-corrected chi connectivity index (χ4v) is 3.97. The van der Waals surface area contributed by atoms with Crippen molar-refractivity contribution in [2.75, 3.05) is 19.8 Å². The van der Waals surface area contributed by atoms with Gasteiger partial charge in [0.25, 0.3) is 0 Å². The molecule has 4 rings (SSSR count). The van der Waals surface area contributed by atoms with Gasteiger partial charge in [-0.1, -0.05) is 0 Å².